The maximum absolute atomic E-state index is 6.07. The summed E-state index contributed by atoms with van der Waals surface area (Å²) in [4.78, 5) is 7.07. The largest absolute Gasteiger partial charge is 0.398 e. The van der Waals surface area contributed by atoms with Gasteiger partial charge in [0.15, 0.2) is 0 Å². The van der Waals surface area contributed by atoms with Crippen LogP contribution in [-0.2, 0) is 19.5 Å². The van der Waals surface area contributed by atoms with Crippen molar-refractivity contribution in [3.8, 4) is 0 Å². The molecule has 0 bridgehead atoms. The van der Waals surface area contributed by atoms with Crippen LogP contribution in [0.4, 0.5) is 11.6 Å². The molecule has 0 aliphatic carbocycles. The molecule has 0 unspecified atom stereocenters. The third kappa shape index (κ3) is 2.26. The van der Waals surface area contributed by atoms with Crippen LogP contribution in [-0.4, -0.2) is 16.1 Å². The van der Waals surface area contributed by atoms with Crippen molar-refractivity contribution in [3.63, 3.8) is 0 Å². The van der Waals surface area contributed by atoms with E-state index in [1.165, 1.54) is 11.1 Å². The molecule has 106 valence electrons. The lowest BCUT2D eigenvalue weighted by Crippen LogP contribution is -2.33. The number of hydrogen-bond acceptors (Lipinski definition) is 3. The Balaban J connectivity index is 1.90. The average Bonchev–Trinajstić information content (AvgIpc) is 2.80. The molecule has 0 amide bonds. The number of anilines is 2. The third-order valence-electron chi connectivity index (χ3n) is 3.93. The van der Waals surface area contributed by atoms with Gasteiger partial charge in [-0.3, -0.25) is 0 Å². The smallest absolute Gasteiger partial charge is 0.206 e. The molecule has 2 N–H and O–H groups in total. The standard InChI is InChI=1S/C16H22N4/c1-3-8-19-10-12(2)18-16(19)20-9-7-14-13(11-20)5-4-6-15(14)17/h4-6,10H,3,7-9,11,17H2,1-2H3. The zero-order valence-electron chi connectivity index (χ0n) is 12.3. The minimum Gasteiger partial charge on any atom is -0.398 e. The molecule has 4 heteroatoms. The first-order valence-corrected chi connectivity index (χ1v) is 7.34. The molecule has 1 aromatic carbocycles. The van der Waals surface area contributed by atoms with Crippen LogP contribution >= 0.6 is 0 Å². The molecule has 0 fully saturated rings. The van der Waals surface area contributed by atoms with Crippen LogP contribution in [0.5, 0.6) is 0 Å². The van der Waals surface area contributed by atoms with Gasteiger partial charge in [0.05, 0.1) is 5.69 Å². The number of fused-ring (bicyclic) bond motifs is 1. The van der Waals surface area contributed by atoms with Crippen molar-refractivity contribution in [2.75, 3.05) is 17.2 Å². The van der Waals surface area contributed by atoms with Gasteiger partial charge in [0.1, 0.15) is 0 Å². The van der Waals surface area contributed by atoms with Gasteiger partial charge in [-0.15, -0.1) is 0 Å². The van der Waals surface area contributed by atoms with E-state index in [2.05, 4.69) is 35.6 Å². The molecule has 0 atom stereocenters. The average molecular weight is 270 g/mol. The lowest BCUT2D eigenvalue weighted by atomic mass is 9.98. The molecule has 2 heterocycles. The quantitative estimate of drug-likeness (QED) is 0.872. The van der Waals surface area contributed by atoms with Crippen molar-refractivity contribution in [2.24, 2.45) is 0 Å². The van der Waals surface area contributed by atoms with Crippen LogP contribution in [0.15, 0.2) is 24.4 Å². The monoisotopic (exact) mass is 270 g/mol. The van der Waals surface area contributed by atoms with Crippen molar-refractivity contribution in [2.45, 2.75) is 39.8 Å². The van der Waals surface area contributed by atoms with E-state index in [4.69, 9.17) is 10.7 Å². The first kappa shape index (κ1) is 13.0. The molecule has 0 radical (unpaired) electrons. The topological polar surface area (TPSA) is 47.1 Å². The number of hydrogen-bond donors (Lipinski definition) is 1. The summed E-state index contributed by atoms with van der Waals surface area (Å²) >= 11 is 0. The minimum atomic E-state index is 0.903. The van der Waals surface area contributed by atoms with Crippen molar-refractivity contribution < 1.29 is 0 Å². The molecule has 1 aromatic heterocycles. The summed E-state index contributed by atoms with van der Waals surface area (Å²) in [7, 11) is 0. The summed E-state index contributed by atoms with van der Waals surface area (Å²) in [5.74, 6) is 1.09. The van der Waals surface area contributed by atoms with Gasteiger partial charge in [-0.25, -0.2) is 4.98 Å². The van der Waals surface area contributed by atoms with Crippen LogP contribution in [0.1, 0.15) is 30.2 Å². The second-order valence-corrected chi connectivity index (χ2v) is 5.53. The van der Waals surface area contributed by atoms with E-state index in [0.717, 1.165) is 49.8 Å². The zero-order valence-corrected chi connectivity index (χ0v) is 12.3. The Kier molecular flexibility index (Phi) is 3.38. The van der Waals surface area contributed by atoms with Gasteiger partial charge in [-0.2, -0.15) is 0 Å². The molecule has 0 saturated heterocycles. The van der Waals surface area contributed by atoms with Crippen molar-refractivity contribution in [3.05, 3.63) is 41.2 Å². The number of aromatic nitrogens is 2. The van der Waals surface area contributed by atoms with E-state index in [1.807, 2.05) is 12.1 Å². The Hall–Kier alpha value is -1.97. The van der Waals surface area contributed by atoms with Crippen LogP contribution in [0.3, 0.4) is 0 Å². The van der Waals surface area contributed by atoms with Gasteiger partial charge in [-0.05, 0) is 37.0 Å². The van der Waals surface area contributed by atoms with E-state index in [0.29, 0.717) is 0 Å². The first-order chi connectivity index (χ1) is 9.69. The van der Waals surface area contributed by atoms with Gasteiger partial charge < -0.3 is 15.2 Å². The van der Waals surface area contributed by atoms with Gasteiger partial charge >= 0.3 is 0 Å². The molecule has 1 aliphatic heterocycles. The van der Waals surface area contributed by atoms with Gasteiger partial charge in [-0.1, -0.05) is 19.1 Å². The minimum absolute atomic E-state index is 0.903. The van der Waals surface area contributed by atoms with Crippen LogP contribution in [0.2, 0.25) is 0 Å². The summed E-state index contributed by atoms with van der Waals surface area (Å²) in [5.41, 5.74) is 10.7. The fourth-order valence-electron chi connectivity index (χ4n) is 3.00. The summed E-state index contributed by atoms with van der Waals surface area (Å²) in [6, 6.07) is 6.22. The molecule has 2 aromatic rings. The van der Waals surface area contributed by atoms with E-state index in [9.17, 15) is 0 Å². The summed E-state index contributed by atoms with van der Waals surface area (Å²) in [6.45, 7) is 7.18. The number of rotatable bonds is 3. The Bertz CT molecular complexity index is 615. The second-order valence-electron chi connectivity index (χ2n) is 5.53. The molecular formula is C16H22N4. The fourth-order valence-corrected chi connectivity index (χ4v) is 3.00. The number of nitrogens with two attached hydrogens (primary N) is 1. The molecular weight excluding hydrogens is 248 g/mol. The molecule has 20 heavy (non-hydrogen) atoms. The summed E-state index contributed by atoms with van der Waals surface area (Å²) in [5, 5.41) is 0. The highest BCUT2D eigenvalue weighted by atomic mass is 15.3. The number of benzene rings is 1. The third-order valence-corrected chi connectivity index (χ3v) is 3.93. The van der Waals surface area contributed by atoms with Crippen molar-refractivity contribution in [1.82, 2.24) is 9.55 Å². The van der Waals surface area contributed by atoms with Gasteiger partial charge in [0.2, 0.25) is 5.95 Å². The highest BCUT2D eigenvalue weighted by molar-refractivity contribution is 5.54. The predicted octanol–water partition coefficient (Wildman–Crippen LogP) is 2.75. The van der Waals surface area contributed by atoms with Gasteiger partial charge in [0, 0.05) is 31.5 Å². The normalized spacial score (nSPS) is 14.4. The second kappa shape index (κ2) is 5.19. The maximum Gasteiger partial charge on any atom is 0.206 e. The summed E-state index contributed by atoms with van der Waals surface area (Å²) < 4.78 is 2.27. The molecule has 0 spiro atoms. The number of aryl methyl sites for hydroxylation is 2. The molecule has 4 nitrogen and oxygen atoms in total. The first-order valence-electron chi connectivity index (χ1n) is 7.34. The predicted molar refractivity (Wildman–Crippen MR) is 82.9 cm³/mol. The van der Waals surface area contributed by atoms with Crippen molar-refractivity contribution in [1.29, 1.82) is 0 Å². The lowest BCUT2D eigenvalue weighted by molar-refractivity contribution is 0.631. The highest BCUT2D eigenvalue weighted by Crippen LogP contribution is 2.27. The van der Waals surface area contributed by atoms with E-state index in [-0.39, 0.29) is 0 Å². The Morgan fingerprint density at radius 2 is 2.20 bits per heavy atom. The number of nitrogen functional groups attached to an aromatic ring is 1. The summed E-state index contributed by atoms with van der Waals surface area (Å²) in [6.07, 6.45) is 4.27. The zero-order chi connectivity index (χ0) is 14.1. The molecule has 0 saturated carbocycles. The van der Waals surface area contributed by atoms with Crippen molar-refractivity contribution >= 4 is 11.6 Å². The van der Waals surface area contributed by atoms with Gasteiger partial charge in [0.25, 0.3) is 0 Å². The van der Waals surface area contributed by atoms with Crippen LogP contribution < -0.4 is 10.6 Å². The number of imidazole rings is 1. The number of nitrogens with zero attached hydrogens (tertiary/aromatic N) is 3. The Morgan fingerprint density at radius 3 is 3.00 bits per heavy atom. The van der Waals surface area contributed by atoms with Crippen LogP contribution in [0, 0.1) is 6.92 Å². The fraction of sp³-hybridized carbons (Fsp3) is 0.438. The lowest BCUT2D eigenvalue weighted by Gasteiger charge is -2.30. The Labute approximate surface area is 120 Å². The van der Waals surface area contributed by atoms with E-state index < -0.39 is 0 Å². The Morgan fingerprint density at radius 1 is 1.35 bits per heavy atom. The molecule has 3 rings (SSSR count). The van der Waals surface area contributed by atoms with E-state index in [1.54, 1.807) is 0 Å². The highest BCUT2D eigenvalue weighted by Gasteiger charge is 2.21. The van der Waals surface area contributed by atoms with E-state index >= 15 is 0 Å². The maximum atomic E-state index is 6.07. The SMILES string of the molecule is CCCn1cc(C)nc1N1CCc2c(N)cccc2C1. The molecule has 1 aliphatic rings. The van der Waals surface area contributed by atoms with Crippen LogP contribution in [0.25, 0.3) is 0 Å².